The van der Waals surface area contributed by atoms with E-state index in [0.29, 0.717) is 13.0 Å². The number of aliphatic hydroxyl groups is 1. The molecule has 3 unspecified atom stereocenters. The van der Waals surface area contributed by atoms with Gasteiger partial charge in [0.2, 0.25) is 0 Å². The van der Waals surface area contributed by atoms with E-state index >= 15 is 0 Å². The lowest BCUT2D eigenvalue weighted by atomic mass is 10.0. The third-order valence-corrected chi connectivity index (χ3v) is 3.58. The maximum atomic E-state index is 10.0. The second-order valence-electron chi connectivity index (χ2n) is 5.44. The fraction of sp³-hybridized carbons (Fsp3) is 0.625. The van der Waals surface area contributed by atoms with E-state index < -0.39 is 6.10 Å². The van der Waals surface area contributed by atoms with Crippen molar-refractivity contribution in [2.45, 2.75) is 57.5 Å². The number of hydrogen-bond acceptors (Lipinski definition) is 3. The second-order valence-corrected chi connectivity index (χ2v) is 5.44. The van der Waals surface area contributed by atoms with Crippen LogP contribution in [0.4, 0.5) is 0 Å². The molecule has 0 spiro atoms. The molecule has 1 heterocycles. The largest absolute Gasteiger partial charge is 0.388 e. The number of benzene rings is 1. The molecule has 3 heteroatoms. The lowest BCUT2D eigenvalue weighted by Crippen LogP contribution is -2.34. The Kier molecular flexibility index (Phi) is 5.37. The van der Waals surface area contributed by atoms with Gasteiger partial charge in [0, 0.05) is 13.0 Å². The Morgan fingerprint density at radius 2 is 1.84 bits per heavy atom. The molecule has 2 rings (SSSR count). The number of ether oxygens (including phenoxy) is 2. The van der Waals surface area contributed by atoms with Crippen LogP contribution in [0.5, 0.6) is 0 Å². The summed E-state index contributed by atoms with van der Waals surface area (Å²) in [5.74, 6) is 0. The fourth-order valence-corrected chi connectivity index (χ4v) is 2.67. The van der Waals surface area contributed by atoms with Crippen LogP contribution in [0.2, 0.25) is 0 Å². The summed E-state index contributed by atoms with van der Waals surface area (Å²) in [5.41, 5.74) is 0.958. The van der Waals surface area contributed by atoms with E-state index in [2.05, 4.69) is 13.8 Å². The van der Waals surface area contributed by atoms with Gasteiger partial charge in [0.15, 0.2) is 0 Å². The van der Waals surface area contributed by atoms with Crippen LogP contribution in [-0.2, 0) is 9.47 Å². The summed E-state index contributed by atoms with van der Waals surface area (Å²) in [6, 6.07) is 9.74. The average Bonchev–Trinajstić information content (AvgIpc) is 2.38. The van der Waals surface area contributed by atoms with E-state index in [1.54, 1.807) is 0 Å². The fourth-order valence-electron chi connectivity index (χ4n) is 2.67. The Bertz CT molecular complexity index is 356. The lowest BCUT2D eigenvalue weighted by molar-refractivity contribution is -0.104. The topological polar surface area (TPSA) is 38.7 Å². The van der Waals surface area contributed by atoms with Gasteiger partial charge in [0.05, 0.1) is 24.4 Å². The highest BCUT2D eigenvalue weighted by atomic mass is 16.5. The minimum atomic E-state index is -0.434. The van der Waals surface area contributed by atoms with Crippen LogP contribution in [0, 0.1) is 0 Å². The molecule has 1 aromatic rings. The molecule has 1 N–H and O–H groups in total. The van der Waals surface area contributed by atoms with Crippen LogP contribution in [0.1, 0.15) is 44.8 Å². The van der Waals surface area contributed by atoms with Crippen molar-refractivity contribution in [3.05, 3.63) is 35.9 Å². The molecule has 1 aromatic carbocycles. The first-order chi connectivity index (χ1) is 9.15. The zero-order chi connectivity index (χ0) is 13.7. The first-order valence-corrected chi connectivity index (χ1v) is 7.15. The van der Waals surface area contributed by atoms with E-state index in [0.717, 1.165) is 18.4 Å². The van der Waals surface area contributed by atoms with E-state index in [4.69, 9.17) is 9.47 Å². The van der Waals surface area contributed by atoms with Crippen LogP contribution < -0.4 is 0 Å². The summed E-state index contributed by atoms with van der Waals surface area (Å²) >= 11 is 0. The first kappa shape index (κ1) is 14.5. The van der Waals surface area contributed by atoms with Crippen molar-refractivity contribution in [3.8, 4) is 0 Å². The van der Waals surface area contributed by atoms with Gasteiger partial charge in [0.1, 0.15) is 0 Å². The molecule has 0 amide bonds. The highest BCUT2D eigenvalue weighted by Gasteiger charge is 2.24. The summed E-state index contributed by atoms with van der Waals surface area (Å²) in [5, 5.41) is 10.0. The van der Waals surface area contributed by atoms with Crippen molar-refractivity contribution in [2.24, 2.45) is 0 Å². The number of hydrogen-bond donors (Lipinski definition) is 1. The van der Waals surface area contributed by atoms with Gasteiger partial charge < -0.3 is 14.6 Å². The Labute approximate surface area is 115 Å². The second kappa shape index (κ2) is 7.04. The van der Waals surface area contributed by atoms with Gasteiger partial charge in [-0.15, -0.1) is 0 Å². The molecule has 0 saturated carbocycles. The smallest absolute Gasteiger partial charge is 0.0812 e. The Balaban J connectivity index is 1.71. The van der Waals surface area contributed by atoms with Crippen LogP contribution >= 0.6 is 0 Å². The third kappa shape index (κ3) is 4.60. The average molecular weight is 264 g/mol. The quantitative estimate of drug-likeness (QED) is 0.888. The number of aliphatic hydroxyl groups excluding tert-OH is 1. The molecule has 3 atom stereocenters. The van der Waals surface area contributed by atoms with Gasteiger partial charge in [-0.05, 0) is 32.3 Å². The van der Waals surface area contributed by atoms with E-state index in [1.165, 1.54) is 0 Å². The van der Waals surface area contributed by atoms with E-state index in [-0.39, 0.29) is 18.3 Å². The molecule has 0 bridgehead atoms. The van der Waals surface area contributed by atoms with Crippen LogP contribution in [0.15, 0.2) is 30.3 Å². The zero-order valence-electron chi connectivity index (χ0n) is 11.8. The van der Waals surface area contributed by atoms with Gasteiger partial charge >= 0.3 is 0 Å². The van der Waals surface area contributed by atoms with Crippen LogP contribution in [0.25, 0.3) is 0 Å². The summed E-state index contributed by atoms with van der Waals surface area (Å²) in [6.45, 7) is 4.77. The molecule has 19 heavy (non-hydrogen) atoms. The van der Waals surface area contributed by atoms with Gasteiger partial charge in [-0.25, -0.2) is 0 Å². The maximum Gasteiger partial charge on any atom is 0.0812 e. The molecule has 0 radical (unpaired) electrons. The summed E-state index contributed by atoms with van der Waals surface area (Å²) in [7, 11) is 0. The zero-order valence-corrected chi connectivity index (χ0v) is 11.8. The summed E-state index contributed by atoms with van der Waals surface area (Å²) < 4.78 is 11.6. The SMILES string of the molecule is CC1CC(OCCC(O)c2ccccc2)CC(C)O1. The Hall–Kier alpha value is -0.900. The third-order valence-electron chi connectivity index (χ3n) is 3.58. The van der Waals surface area contributed by atoms with Crippen molar-refractivity contribution < 1.29 is 14.6 Å². The van der Waals surface area contributed by atoms with Crippen LogP contribution in [-0.4, -0.2) is 30.0 Å². The van der Waals surface area contributed by atoms with Crippen molar-refractivity contribution in [2.75, 3.05) is 6.61 Å². The van der Waals surface area contributed by atoms with Gasteiger partial charge in [0.25, 0.3) is 0 Å². The maximum absolute atomic E-state index is 10.0. The molecular weight excluding hydrogens is 240 g/mol. The number of rotatable bonds is 5. The highest BCUT2D eigenvalue weighted by Crippen LogP contribution is 2.23. The first-order valence-electron chi connectivity index (χ1n) is 7.15. The molecule has 1 fully saturated rings. The van der Waals surface area contributed by atoms with Gasteiger partial charge in [-0.1, -0.05) is 30.3 Å². The summed E-state index contributed by atoms with van der Waals surface area (Å²) in [4.78, 5) is 0. The Morgan fingerprint density at radius 1 is 1.21 bits per heavy atom. The molecule has 3 nitrogen and oxygen atoms in total. The predicted octanol–water partition coefficient (Wildman–Crippen LogP) is 3.08. The van der Waals surface area contributed by atoms with E-state index in [9.17, 15) is 5.11 Å². The predicted molar refractivity (Wildman–Crippen MR) is 75.0 cm³/mol. The van der Waals surface area contributed by atoms with Crippen molar-refractivity contribution in [1.29, 1.82) is 0 Å². The van der Waals surface area contributed by atoms with Gasteiger partial charge in [-0.3, -0.25) is 0 Å². The lowest BCUT2D eigenvalue weighted by Gasteiger charge is -2.32. The molecular formula is C16H24O3. The normalized spacial score (nSPS) is 29.1. The Morgan fingerprint density at radius 3 is 2.47 bits per heavy atom. The van der Waals surface area contributed by atoms with Crippen molar-refractivity contribution >= 4 is 0 Å². The van der Waals surface area contributed by atoms with Crippen molar-refractivity contribution in [1.82, 2.24) is 0 Å². The molecule has 0 aliphatic carbocycles. The highest BCUT2D eigenvalue weighted by molar-refractivity contribution is 5.17. The molecule has 1 aliphatic heterocycles. The van der Waals surface area contributed by atoms with Gasteiger partial charge in [-0.2, -0.15) is 0 Å². The molecule has 106 valence electrons. The molecule has 0 aromatic heterocycles. The van der Waals surface area contributed by atoms with Crippen LogP contribution in [0.3, 0.4) is 0 Å². The molecule has 1 aliphatic rings. The molecule has 1 saturated heterocycles. The van der Waals surface area contributed by atoms with Crippen molar-refractivity contribution in [3.63, 3.8) is 0 Å². The standard InChI is InChI=1S/C16H24O3/c1-12-10-15(11-13(2)19-12)18-9-8-16(17)14-6-4-3-5-7-14/h3-7,12-13,15-17H,8-11H2,1-2H3. The minimum absolute atomic E-state index is 0.265. The minimum Gasteiger partial charge on any atom is -0.388 e. The summed E-state index contributed by atoms with van der Waals surface area (Å²) in [6.07, 6.45) is 2.92. The van der Waals surface area contributed by atoms with E-state index in [1.807, 2.05) is 30.3 Å². The monoisotopic (exact) mass is 264 g/mol.